The fraction of sp³-hybridized carbons (Fsp3) is 0.208. The maximum Gasteiger partial charge on any atom is 0.261 e. The van der Waals surface area contributed by atoms with E-state index in [4.69, 9.17) is 0 Å². The molecule has 0 aromatic heterocycles. The smallest absolute Gasteiger partial charge is 0.261 e. The molecule has 2 N–H and O–H groups in total. The number of rotatable bonds is 8. The number of carbonyl (C=O) groups is 3. The normalized spacial score (nSPS) is 12.9. The van der Waals surface area contributed by atoms with Gasteiger partial charge in [-0.15, -0.1) is 0 Å². The molecule has 4 rings (SSSR count). The summed E-state index contributed by atoms with van der Waals surface area (Å²) in [6.45, 7) is 1.35. The van der Waals surface area contributed by atoms with E-state index in [1.165, 1.54) is 10.3 Å². The van der Waals surface area contributed by atoms with Crippen LogP contribution in [0, 0.1) is 0 Å². The highest BCUT2D eigenvalue weighted by Crippen LogP contribution is 2.23. The largest absolute Gasteiger partial charge is 0.383 e. The van der Waals surface area contributed by atoms with Crippen molar-refractivity contribution in [2.24, 2.45) is 0 Å². The Morgan fingerprint density at radius 3 is 2.23 bits per heavy atom. The molecule has 0 saturated carbocycles. The minimum Gasteiger partial charge on any atom is -0.383 e. The molecule has 0 unspecified atom stereocenters. The molecule has 0 radical (unpaired) electrons. The first-order chi connectivity index (χ1) is 14.6. The van der Waals surface area contributed by atoms with Gasteiger partial charge in [0.15, 0.2) is 0 Å². The number of hydrogen-bond acceptors (Lipinski definition) is 4. The van der Waals surface area contributed by atoms with Crippen LogP contribution in [0.5, 0.6) is 0 Å². The van der Waals surface area contributed by atoms with Crippen LogP contribution in [0.1, 0.15) is 33.6 Å². The molecule has 3 aromatic rings. The van der Waals surface area contributed by atoms with Crippen molar-refractivity contribution in [3.05, 3.63) is 77.9 Å². The molecule has 6 nitrogen and oxygen atoms in total. The maximum atomic E-state index is 12.3. The molecule has 3 aromatic carbocycles. The number of nitrogens with one attached hydrogen (secondary N) is 2. The average molecular weight is 401 g/mol. The van der Waals surface area contributed by atoms with E-state index in [1.807, 2.05) is 24.3 Å². The predicted octanol–water partition coefficient (Wildman–Crippen LogP) is 3.44. The lowest BCUT2D eigenvalue weighted by Gasteiger charge is -2.14. The first kappa shape index (κ1) is 19.6. The third-order valence-electron chi connectivity index (χ3n) is 5.22. The van der Waals surface area contributed by atoms with E-state index in [9.17, 15) is 14.4 Å². The van der Waals surface area contributed by atoms with Crippen molar-refractivity contribution in [3.63, 3.8) is 0 Å². The second-order valence-electron chi connectivity index (χ2n) is 7.21. The molecule has 0 saturated heterocycles. The van der Waals surface area contributed by atoms with Crippen LogP contribution in [0.25, 0.3) is 10.8 Å². The zero-order valence-corrected chi connectivity index (χ0v) is 16.6. The number of benzene rings is 3. The third kappa shape index (κ3) is 4.03. The fourth-order valence-electron chi connectivity index (χ4n) is 3.71. The van der Waals surface area contributed by atoms with Crippen LogP contribution in [0.15, 0.2) is 66.7 Å². The number of fused-ring (bicyclic) bond motifs is 2. The van der Waals surface area contributed by atoms with Gasteiger partial charge < -0.3 is 10.6 Å². The number of amides is 3. The quantitative estimate of drug-likeness (QED) is 0.448. The van der Waals surface area contributed by atoms with Crippen LogP contribution >= 0.6 is 0 Å². The summed E-state index contributed by atoms with van der Waals surface area (Å²) < 4.78 is 0. The SMILES string of the molecule is O=C(CCCN1C(=O)c2ccccc2C1=O)NCCNc1cccc2ccccc12. The van der Waals surface area contributed by atoms with Gasteiger partial charge in [-0.2, -0.15) is 0 Å². The van der Waals surface area contributed by atoms with Gasteiger partial charge in [-0.3, -0.25) is 19.3 Å². The standard InChI is InChI=1S/C24H23N3O3/c28-22(13-6-16-27-23(29)19-10-3-4-11-20(19)24(27)30)26-15-14-25-21-12-5-8-17-7-1-2-9-18(17)21/h1-5,7-12,25H,6,13-16H2,(H,26,28). The summed E-state index contributed by atoms with van der Waals surface area (Å²) in [5, 5.41) is 8.54. The van der Waals surface area contributed by atoms with Crippen molar-refractivity contribution in [3.8, 4) is 0 Å². The van der Waals surface area contributed by atoms with Crippen molar-refractivity contribution in [2.75, 3.05) is 25.0 Å². The maximum absolute atomic E-state index is 12.3. The molecule has 1 aliphatic heterocycles. The third-order valence-corrected chi connectivity index (χ3v) is 5.22. The molecule has 0 fully saturated rings. The Morgan fingerprint density at radius 2 is 1.47 bits per heavy atom. The van der Waals surface area contributed by atoms with Crippen LogP contribution in [-0.2, 0) is 4.79 Å². The second kappa shape index (κ2) is 8.78. The molecule has 0 aliphatic carbocycles. The summed E-state index contributed by atoms with van der Waals surface area (Å²) in [5.74, 6) is -0.656. The van der Waals surface area contributed by atoms with Crippen LogP contribution in [0.4, 0.5) is 5.69 Å². The Labute approximate surface area is 174 Å². The van der Waals surface area contributed by atoms with Gasteiger partial charge in [0, 0.05) is 37.1 Å². The van der Waals surface area contributed by atoms with Crippen molar-refractivity contribution < 1.29 is 14.4 Å². The summed E-state index contributed by atoms with van der Waals surface area (Å²) in [5.41, 5.74) is 1.91. The van der Waals surface area contributed by atoms with E-state index >= 15 is 0 Å². The molecule has 3 amide bonds. The van der Waals surface area contributed by atoms with Gasteiger partial charge in [0.1, 0.15) is 0 Å². The summed E-state index contributed by atoms with van der Waals surface area (Å²) in [4.78, 5) is 38.0. The fourth-order valence-corrected chi connectivity index (χ4v) is 3.71. The molecule has 1 aliphatic rings. The van der Waals surface area contributed by atoms with E-state index in [-0.39, 0.29) is 30.7 Å². The monoisotopic (exact) mass is 401 g/mol. The van der Waals surface area contributed by atoms with Gasteiger partial charge >= 0.3 is 0 Å². The summed E-state index contributed by atoms with van der Waals surface area (Å²) in [7, 11) is 0. The van der Waals surface area contributed by atoms with E-state index in [0.717, 1.165) is 11.1 Å². The summed E-state index contributed by atoms with van der Waals surface area (Å²) >= 11 is 0. The van der Waals surface area contributed by atoms with Gasteiger partial charge in [0.25, 0.3) is 11.8 Å². The number of hydrogen-bond donors (Lipinski definition) is 2. The number of nitrogens with zero attached hydrogens (tertiary/aromatic N) is 1. The summed E-state index contributed by atoms with van der Waals surface area (Å²) in [6, 6.07) is 21.0. The van der Waals surface area contributed by atoms with Crippen molar-refractivity contribution in [1.82, 2.24) is 10.2 Å². The van der Waals surface area contributed by atoms with E-state index in [2.05, 4.69) is 28.8 Å². The van der Waals surface area contributed by atoms with Crippen molar-refractivity contribution in [2.45, 2.75) is 12.8 Å². The number of anilines is 1. The van der Waals surface area contributed by atoms with Gasteiger partial charge in [-0.25, -0.2) is 0 Å². The topological polar surface area (TPSA) is 78.5 Å². The van der Waals surface area contributed by atoms with Gasteiger partial charge in [0.05, 0.1) is 11.1 Å². The van der Waals surface area contributed by atoms with Crippen LogP contribution in [0.3, 0.4) is 0 Å². The Kier molecular flexibility index (Phi) is 5.75. The van der Waals surface area contributed by atoms with Gasteiger partial charge in [-0.1, -0.05) is 48.5 Å². The molecule has 0 bridgehead atoms. The zero-order chi connectivity index (χ0) is 20.9. The highest BCUT2D eigenvalue weighted by atomic mass is 16.2. The Bertz CT molecular complexity index is 1070. The lowest BCUT2D eigenvalue weighted by Crippen LogP contribution is -2.33. The molecule has 0 atom stereocenters. The van der Waals surface area contributed by atoms with Gasteiger partial charge in [0.2, 0.25) is 5.91 Å². The molecular formula is C24H23N3O3. The van der Waals surface area contributed by atoms with E-state index < -0.39 is 0 Å². The second-order valence-corrected chi connectivity index (χ2v) is 7.21. The molecule has 1 heterocycles. The lowest BCUT2D eigenvalue weighted by molar-refractivity contribution is -0.121. The zero-order valence-electron chi connectivity index (χ0n) is 16.6. The molecule has 30 heavy (non-hydrogen) atoms. The van der Waals surface area contributed by atoms with Crippen molar-refractivity contribution >= 4 is 34.2 Å². The minimum absolute atomic E-state index is 0.0914. The van der Waals surface area contributed by atoms with Crippen molar-refractivity contribution in [1.29, 1.82) is 0 Å². The molecule has 152 valence electrons. The predicted molar refractivity (Wildman–Crippen MR) is 116 cm³/mol. The molecular weight excluding hydrogens is 378 g/mol. The van der Waals surface area contributed by atoms with Gasteiger partial charge in [-0.05, 0) is 30.0 Å². The Balaban J connectivity index is 1.19. The van der Waals surface area contributed by atoms with Crippen LogP contribution in [-0.4, -0.2) is 42.3 Å². The minimum atomic E-state index is -0.282. The number of carbonyl (C=O) groups excluding carboxylic acids is 3. The lowest BCUT2D eigenvalue weighted by atomic mass is 10.1. The van der Waals surface area contributed by atoms with E-state index in [1.54, 1.807) is 24.3 Å². The van der Waals surface area contributed by atoms with E-state index in [0.29, 0.717) is 30.6 Å². The average Bonchev–Trinajstić information content (AvgIpc) is 3.02. The number of imide groups is 1. The summed E-state index contributed by atoms with van der Waals surface area (Å²) in [6.07, 6.45) is 0.704. The molecule has 6 heteroatoms. The molecule has 0 spiro atoms. The highest BCUT2D eigenvalue weighted by molar-refractivity contribution is 6.21. The Hall–Kier alpha value is -3.67. The highest BCUT2D eigenvalue weighted by Gasteiger charge is 2.34. The van der Waals surface area contributed by atoms with Crippen LogP contribution in [0.2, 0.25) is 0 Å². The first-order valence-corrected chi connectivity index (χ1v) is 10.1. The van der Waals surface area contributed by atoms with Crippen LogP contribution < -0.4 is 10.6 Å². The Morgan fingerprint density at radius 1 is 0.800 bits per heavy atom. The first-order valence-electron chi connectivity index (χ1n) is 10.1.